The first-order chi connectivity index (χ1) is 10.9. The molecule has 2 heterocycles. The summed E-state index contributed by atoms with van der Waals surface area (Å²) < 4.78 is 31.3. The molecule has 1 aromatic heterocycles. The normalized spacial score (nSPS) is 32.3. The van der Waals surface area contributed by atoms with Crippen LogP contribution in [0.1, 0.15) is 43.9 Å². The van der Waals surface area contributed by atoms with Gasteiger partial charge in [0.1, 0.15) is 15.9 Å². The van der Waals surface area contributed by atoms with Crippen LogP contribution in [0.4, 0.5) is 0 Å². The van der Waals surface area contributed by atoms with Gasteiger partial charge >= 0.3 is 0 Å². The number of hydrogen-bond acceptors (Lipinski definition) is 5. The van der Waals surface area contributed by atoms with E-state index in [1.165, 1.54) is 6.26 Å². The van der Waals surface area contributed by atoms with Gasteiger partial charge in [-0.3, -0.25) is 4.68 Å². The van der Waals surface area contributed by atoms with Crippen molar-refractivity contribution in [2.24, 2.45) is 13.0 Å². The molecule has 1 aliphatic heterocycles. The lowest BCUT2D eigenvalue weighted by molar-refractivity contribution is 0.0828. The fourth-order valence-corrected chi connectivity index (χ4v) is 5.05. The zero-order chi connectivity index (χ0) is 16.4. The van der Waals surface area contributed by atoms with Crippen LogP contribution in [0.5, 0.6) is 0 Å². The number of rotatable bonds is 5. The van der Waals surface area contributed by atoms with Crippen LogP contribution in [0.3, 0.4) is 0 Å². The number of nitrogens with one attached hydrogen (secondary N) is 1. The monoisotopic (exact) mass is 341 g/mol. The van der Waals surface area contributed by atoms with Gasteiger partial charge in [-0.25, -0.2) is 8.42 Å². The molecule has 2 aliphatic rings. The first-order valence-corrected chi connectivity index (χ1v) is 10.4. The van der Waals surface area contributed by atoms with Gasteiger partial charge in [-0.1, -0.05) is 6.42 Å². The SMILES string of the molecule is Cn1nccc1[C@@H]1OCC[C@H]1CN[C@@H]1CCC[C@H](S(C)(=O)=O)C1. The van der Waals surface area contributed by atoms with E-state index < -0.39 is 9.84 Å². The largest absolute Gasteiger partial charge is 0.372 e. The molecule has 0 radical (unpaired) electrons. The average Bonchev–Trinajstić information content (AvgIpc) is 3.12. The Kier molecular flexibility index (Phi) is 5.08. The summed E-state index contributed by atoms with van der Waals surface area (Å²) in [7, 11) is -0.980. The molecule has 6 nitrogen and oxygen atoms in total. The highest BCUT2D eigenvalue weighted by atomic mass is 32.2. The zero-order valence-electron chi connectivity index (χ0n) is 13.9. The summed E-state index contributed by atoms with van der Waals surface area (Å²) in [6.45, 7) is 1.65. The molecule has 0 amide bonds. The lowest BCUT2D eigenvalue weighted by Gasteiger charge is -2.30. The van der Waals surface area contributed by atoms with E-state index in [9.17, 15) is 8.42 Å². The summed E-state index contributed by atoms with van der Waals surface area (Å²) in [5, 5.41) is 7.66. The first-order valence-electron chi connectivity index (χ1n) is 8.47. The summed E-state index contributed by atoms with van der Waals surface area (Å²) in [6, 6.07) is 2.32. The van der Waals surface area contributed by atoms with Crippen LogP contribution in [0.15, 0.2) is 12.3 Å². The van der Waals surface area contributed by atoms with Crippen molar-refractivity contribution in [2.45, 2.75) is 49.5 Å². The zero-order valence-corrected chi connectivity index (χ0v) is 14.8. The maximum Gasteiger partial charge on any atom is 0.150 e. The van der Waals surface area contributed by atoms with Gasteiger partial charge in [0, 0.05) is 44.6 Å². The number of ether oxygens (including phenoxy) is 1. The van der Waals surface area contributed by atoms with Crippen molar-refractivity contribution in [1.29, 1.82) is 0 Å². The van der Waals surface area contributed by atoms with Gasteiger partial charge in [0.15, 0.2) is 0 Å². The van der Waals surface area contributed by atoms with Crippen LogP contribution in [0, 0.1) is 5.92 Å². The Morgan fingerprint density at radius 1 is 1.39 bits per heavy atom. The average molecular weight is 341 g/mol. The molecule has 0 bridgehead atoms. The molecule has 130 valence electrons. The fraction of sp³-hybridized carbons (Fsp3) is 0.812. The van der Waals surface area contributed by atoms with Crippen LogP contribution >= 0.6 is 0 Å². The number of nitrogens with zero attached hydrogens (tertiary/aromatic N) is 2. The standard InChI is InChI=1S/C16H27N3O3S/c1-19-15(6-8-18-19)16-12(7-9-22-16)11-17-13-4-3-5-14(10-13)23(2,20)21/h6,8,12-14,16-17H,3-5,7,9-11H2,1-2H3/t12-,13+,14-,16+/m0/s1. The fourth-order valence-electron chi connectivity index (χ4n) is 3.87. The second-order valence-electron chi connectivity index (χ2n) is 6.94. The topological polar surface area (TPSA) is 73.2 Å². The second kappa shape index (κ2) is 6.91. The molecule has 0 aromatic carbocycles. The van der Waals surface area contributed by atoms with Gasteiger partial charge in [0.25, 0.3) is 0 Å². The molecule has 1 saturated carbocycles. The maximum atomic E-state index is 11.8. The number of sulfone groups is 1. The molecular weight excluding hydrogens is 314 g/mol. The lowest BCUT2D eigenvalue weighted by Crippen LogP contribution is -2.41. The van der Waals surface area contributed by atoms with E-state index in [4.69, 9.17) is 4.74 Å². The molecule has 1 saturated heterocycles. The summed E-state index contributed by atoms with van der Waals surface area (Å²) in [4.78, 5) is 0. The van der Waals surface area contributed by atoms with E-state index in [1.54, 1.807) is 6.20 Å². The Balaban J connectivity index is 1.56. The van der Waals surface area contributed by atoms with Gasteiger partial charge < -0.3 is 10.1 Å². The van der Waals surface area contributed by atoms with Crippen LogP contribution in [0.25, 0.3) is 0 Å². The highest BCUT2D eigenvalue weighted by Gasteiger charge is 2.33. The Morgan fingerprint density at radius 3 is 2.91 bits per heavy atom. The molecule has 3 rings (SSSR count). The van der Waals surface area contributed by atoms with Crippen molar-refractivity contribution in [3.05, 3.63) is 18.0 Å². The third-order valence-electron chi connectivity index (χ3n) is 5.26. The lowest BCUT2D eigenvalue weighted by atomic mass is 9.93. The number of hydrogen-bond donors (Lipinski definition) is 1. The minimum Gasteiger partial charge on any atom is -0.372 e. The third kappa shape index (κ3) is 3.95. The molecule has 4 atom stereocenters. The highest BCUT2D eigenvalue weighted by molar-refractivity contribution is 7.91. The van der Waals surface area contributed by atoms with E-state index in [0.29, 0.717) is 12.0 Å². The van der Waals surface area contributed by atoms with Gasteiger partial charge in [0.2, 0.25) is 0 Å². The first kappa shape index (κ1) is 16.9. The molecule has 7 heteroatoms. The molecular formula is C16H27N3O3S. The van der Waals surface area contributed by atoms with E-state index in [-0.39, 0.29) is 11.4 Å². The molecule has 1 aliphatic carbocycles. The van der Waals surface area contributed by atoms with Crippen molar-refractivity contribution in [3.63, 3.8) is 0 Å². The van der Waals surface area contributed by atoms with Gasteiger partial charge in [-0.05, 0) is 31.7 Å². The molecule has 23 heavy (non-hydrogen) atoms. The van der Waals surface area contributed by atoms with Crippen molar-refractivity contribution in [3.8, 4) is 0 Å². The predicted octanol–water partition coefficient (Wildman–Crippen LogP) is 1.44. The molecule has 1 aromatic rings. The highest BCUT2D eigenvalue weighted by Crippen LogP contribution is 2.34. The number of aryl methyl sites for hydroxylation is 1. The number of aromatic nitrogens is 2. The quantitative estimate of drug-likeness (QED) is 0.877. The van der Waals surface area contributed by atoms with Crippen molar-refractivity contribution in [1.82, 2.24) is 15.1 Å². The smallest absolute Gasteiger partial charge is 0.150 e. The van der Waals surface area contributed by atoms with Gasteiger partial charge in [-0.2, -0.15) is 5.10 Å². The summed E-state index contributed by atoms with van der Waals surface area (Å²) >= 11 is 0. The van der Waals surface area contributed by atoms with Crippen molar-refractivity contribution >= 4 is 9.84 Å². The summed E-state index contributed by atoms with van der Waals surface area (Å²) in [5.41, 5.74) is 1.12. The van der Waals surface area contributed by atoms with Crippen molar-refractivity contribution < 1.29 is 13.2 Å². The Morgan fingerprint density at radius 2 is 2.22 bits per heavy atom. The van der Waals surface area contributed by atoms with Crippen molar-refractivity contribution in [2.75, 3.05) is 19.4 Å². The Bertz CT molecular complexity index is 628. The summed E-state index contributed by atoms with van der Waals surface area (Å²) in [6.07, 6.45) is 7.89. The predicted molar refractivity (Wildman–Crippen MR) is 88.9 cm³/mol. The van der Waals surface area contributed by atoms with Crippen LogP contribution in [-0.4, -0.2) is 48.9 Å². The maximum absolute atomic E-state index is 11.8. The molecule has 0 unspecified atom stereocenters. The Labute approximate surface area is 138 Å². The van der Waals surface area contributed by atoms with E-state index in [1.807, 2.05) is 17.8 Å². The van der Waals surface area contributed by atoms with Gasteiger partial charge in [0.05, 0.1) is 10.9 Å². The summed E-state index contributed by atoms with van der Waals surface area (Å²) in [5.74, 6) is 0.420. The minimum absolute atomic E-state index is 0.0873. The third-order valence-corrected chi connectivity index (χ3v) is 6.90. The van der Waals surface area contributed by atoms with E-state index in [2.05, 4.69) is 10.4 Å². The van der Waals surface area contributed by atoms with E-state index in [0.717, 1.165) is 50.9 Å². The minimum atomic E-state index is -2.92. The molecule has 2 fully saturated rings. The molecule has 0 spiro atoms. The molecule has 1 N–H and O–H groups in total. The Hall–Kier alpha value is -0.920. The van der Waals surface area contributed by atoms with Crippen LogP contribution in [-0.2, 0) is 21.6 Å². The van der Waals surface area contributed by atoms with Gasteiger partial charge in [-0.15, -0.1) is 0 Å². The second-order valence-corrected chi connectivity index (χ2v) is 9.27. The van der Waals surface area contributed by atoms with Crippen LogP contribution in [0.2, 0.25) is 0 Å². The van der Waals surface area contributed by atoms with Crippen LogP contribution < -0.4 is 5.32 Å². The van der Waals surface area contributed by atoms with E-state index >= 15 is 0 Å².